The van der Waals surface area contributed by atoms with Gasteiger partial charge in [0, 0.05) is 12.5 Å². The molecule has 0 saturated heterocycles. The molecule has 1 aliphatic rings. The Kier molecular flexibility index (Phi) is 4.92. The Labute approximate surface area is 108 Å². The first kappa shape index (κ1) is 13.0. The van der Waals surface area contributed by atoms with E-state index >= 15 is 0 Å². The molecular formula is C13H23N3S. The molecule has 0 amide bonds. The summed E-state index contributed by atoms with van der Waals surface area (Å²) < 4.78 is 0. The Balaban J connectivity index is 1.82. The van der Waals surface area contributed by atoms with Gasteiger partial charge in [-0.05, 0) is 25.3 Å². The summed E-state index contributed by atoms with van der Waals surface area (Å²) in [6.45, 7) is 6.38. The van der Waals surface area contributed by atoms with E-state index in [-0.39, 0.29) is 0 Å². The van der Waals surface area contributed by atoms with E-state index in [0.29, 0.717) is 11.8 Å². The van der Waals surface area contributed by atoms with E-state index in [4.69, 9.17) is 0 Å². The summed E-state index contributed by atoms with van der Waals surface area (Å²) in [5.41, 5.74) is 0. The van der Waals surface area contributed by atoms with Crippen molar-refractivity contribution in [1.82, 2.24) is 15.5 Å². The molecule has 96 valence electrons. The molecule has 1 N–H and O–H groups in total. The predicted molar refractivity (Wildman–Crippen MR) is 72.3 cm³/mol. The fourth-order valence-corrected chi connectivity index (χ4v) is 3.30. The van der Waals surface area contributed by atoms with E-state index in [1.54, 1.807) is 11.3 Å². The lowest BCUT2D eigenvalue weighted by Gasteiger charge is -2.18. The topological polar surface area (TPSA) is 37.8 Å². The number of hydrogen-bond donors (Lipinski definition) is 1. The monoisotopic (exact) mass is 253 g/mol. The van der Waals surface area contributed by atoms with E-state index in [1.165, 1.54) is 37.1 Å². The minimum absolute atomic E-state index is 0.695. The van der Waals surface area contributed by atoms with Gasteiger partial charge in [0.15, 0.2) is 0 Å². The Hall–Kier alpha value is -0.480. The standard InChI is InChI=1S/C13H23N3S/c1-10(2)8-14-9-12-15-16-13(17-12)11-6-4-3-5-7-11/h10-11,14H,3-9H2,1-2H3. The first-order valence-corrected chi connectivity index (χ1v) is 7.60. The molecule has 2 rings (SSSR count). The summed E-state index contributed by atoms with van der Waals surface area (Å²) in [4.78, 5) is 0. The second kappa shape index (κ2) is 6.45. The highest BCUT2D eigenvalue weighted by Crippen LogP contribution is 2.33. The van der Waals surface area contributed by atoms with E-state index in [2.05, 4.69) is 29.4 Å². The summed E-state index contributed by atoms with van der Waals surface area (Å²) in [5.74, 6) is 1.39. The molecule has 0 unspecified atom stereocenters. The second-order valence-electron chi connectivity index (χ2n) is 5.39. The van der Waals surface area contributed by atoms with E-state index in [9.17, 15) is 0 Å². The second-order valence-corrected chi connectivity index (χ2v) is 6.49. The van der Waals surface area contributed by atoms with Gasteiger partial charge in [0.05, 0.1) is 0 Å². The molecule has 0 aliphatic heterocycles. The summed E-state index contributed by atoms with van der Waals surface area (Å²) in [6.07, 6.45) is 6.76. The van der Waals surface area contributed by atoms with Crippen LogP contribution in [0.25, 0.3) is 0 Å². The van der Waals surface area contributed by atoms with Gasteiger partial charge in [-0.1, -0.05) is 44.4 Å². The van der Waals surface area contributed by atoms with Crippen LogP contribution in [-0.2, 0) is 6.54 Å². The molecular weight excluding hydrogens is 230 g/mol. The van der Waals surface area contributed by atoms with Crippen LogP contribution in [0.1, 0.15) is 61.9 Å². The van der Waals surface area contributed by atoms with Gasteiger partial charge in [0.1, 0.15) is 10.0 Å². The van der Waals surface area contributed by atoms with Gasteiger partial charge >= 0.3 is 0 Å². The summed E-state index contributed by atoms with van der Waals surface area (Å²) in [5, 5.41) is 14.5. The van der Waals surface area contributed by atoms with Crippen molar-refractivity contribution in [3.8, 4) is 0 Å². The van der Waals surface area contributed by atoms with Crippen LogP contribution in [0.3, 0.4) is 0 Å². The van der Waals surface area contributed by atoms with Crippen molar-refractivity contribution < 1.29 is 0 Å². The van der Waals surface area contributed by atoms with E-state index in [0.717, 1.165) is 18.1 Å². The maximum atomic E-state index is 4.37. The van der Waals surface area contributed by atoms with Gasteiger partial charge in [-0.2, -0.15) is 0 Å². The minimum Gasteiger partial charge on any atom is -0.310 e. The largest absolute Gasteiger partial charge is 0.310 e. The third-order valence-electron chi connectivity index (χ3n) is 3.27. The van der Waals surface area contributed by atoms with Crippen LogP contribution in [0, 0.1) is 5.92 Å². The average Bonchev–Trinajstić information content (AvgIpc) is 2.78. The fourth-order valence-electron chi connectivity index (χ4n) is 2.32. The molecule has 0 aromatic carbocycles. The van der Waals surface area contributed by atoms with Crippen molar-refractivity contribution in [2.45, 2.75) is 58.4 Å². The van der Waals surface area contributed by atoms with Crippen molar-refractivity contribution in [3.63, 3.8) is 0 Å². The minimum atomic E-state index is 0.695. The maximum absolute atomic E-state index is 4.37. The molecule has 1 aliphatic carbocycles. The fraction of sp³-hybridized carbons (Fsp3) is 0.846. The molecule has 1 aromatic heterocycles. The molecule has 1 heterocycles. The summed E-state index contributed by atoms with van der Waals surface area (Å²) >= 11 is 1.81. The Morgan fingerprint density at radius 1 is 1.24 bits per heavy atom. The lowest BCUT2D eigenvalue weighted by molar-refractivity contribution is 0.440. The summed E-state index contributed by atoms with van der Waals surface area (Å²) in [6, 6.07) is 0. The molecule has 1 fully saturated rings. The lowest BCUT2D eigenvalue weighted by atomic mass is 9.90. The van der Waals surface area contributed by atoms with Crippen molar-refractivity contribution in [3.05, 3.63) is 10.0 Å². The Morgan fingerprint density at radius 3 is 2.71 bits per heavy atom. The summed E-state index contributed by atoms with van der Waals surface area (Å²) in [7, 11) is 0. The van der Waals surface area contributed by atoms with Crippen molar-refractivity contribution in [2.24, 2.45) is 5.92 Å². The van der Waals surface area contributed by atoms with Crippen LogP contribution < -0.4 is 5.32 Å². The number of rotatable bonds is 5. The molecule has 1 aromatic rings. The Morgan fingerprint density at radius 2 is 2.00 bits per heavy atom. The molecule has 0 atom stereocenters. The van der Waals surface area contributed by atoms with Crippen molar-refractivity contribution >= 4 is 11.3 Å². The zero-order valence-electron chi connectivity index (χ0n) is 10.9. The average molecular weight is 253 g/mol. The number of hydrogen-bond acceptors (Lipinski definition) is 4. The van der Waals surface area contributed by atoms with Gasteiger partial charge in [-0.25, -0.2) is 0 Å². The highest BCUT2D eigenvalue weighted by atomic mass is 32.1. The zero-order valence-corrected chi connectivity index (χ0v) is 11.7. The Bertz CT molecular complexity index is 329. The highest BCUT2D eigenvalue weighted by molar-refractivity contribution is 7.11. The van der Waals surface area contributed by atoms with Crippen LogP contribution in [0.4, 0.5) is 0 Å². The smallest absolute Gasteiger partial charge is 0.131 e. The van der Waals surface area contributed by atoms with Gasteiger partial charge in [0.2, 0.25) is 0 Å². The first-order chi connectivity index (χ1) is 8.25. The molecule has 0 bridgehead atoms. The van der Waals surface area contributed by atoms with E-state index in [1.807, 2.05) is 0 Å². The predicted octanol–water partition coefficient (Wildman–Crippen LogP) is 3.33. The van der Waals surface area contributed by atoms with Gasteiger partial charge in [-0.15, -0.1) is 10.2 Å². The van der Waals surface area contributed by atoms with Crippen molar-refractivity contribution in [1.29, 1.82) is 0 Å². The van der Waals surface area contributed by atoms with Crippen LogP contribution in [-0.4, -0.2) is 16.7 Å². The number of nitrogens with one attached hydrogen (secondary N) is 1. The molecule has 17 heavy (non-hydrogen) atoms. The molecule has 1 saturated carbocycles. The van der Waals surface area contributed by atoms with Crippen LogP contribution in [0.2, 0.25) is 0 Å². The normalized spacial score (nSPS) is 17.8. The van der Waals surface area contributed by atoms with Crippen molar-refractivity contribution in [2.75, 3.05) is 6.54 Å². The third kappa shape index (κ3) is 4.03. The van der Waals surface area contributed by atoms with E-state index < -0.39 is 0 Å². The van der Waals surface area contributed by atoms with Crippen LogP contribution in [0.15, 0.2) is 0 Å². The number of aromatic nitrogens is 2. The molecule has 0 spiro atoms. The lowest BCUT2D eigenvalue weighted by Crippen LogP contribution is -2.18. The molecule has 0 radical (unpaired) electrons. The zero-order chi connectivity index (χ0) is 12.1. The van der Waals surface area contributed by atoms with Crippen LogP contribution >= 0.6 is 11.3 Å². The van der Waals surface area contributed by atoms with Gasteiger partial charge in [-0.3, -0.25) is 0 Å². The number of nitrogens with zero attached hydrogens (tertiary/aromatic N) is 2. The van der Waals surface area contributed by atoms with Gasteiger partial charge in [0.25, 0.3) is 0 Å². The third-order valence-corrected chi connectivity index (χ3v) is 4.35. The van der Waals surface area contributed by atoms with Gasteiger partial charge < -0.3 is 5.32 Å². The quantitative estimate of drug-likeness (QED) is 0.874. The van der Waals surface area contributed by atoms with Crippen LogP contribution in [0.5, 0.6) is 0 Å². The highest BCUT2D eigenvalue weighted by Gasteiger charge is 2.19. The maximum Gasteiger partial charge on any atom is 0.131 e. The molecule has 4 heteroatoms. The molecule has 3 nitrogen and oxygen atoms in total. The SMILES string of the molecule is CC(C)CNCc1nnc(C2CCCCC2)s1. The first-order valence-electron chi connectivity index (χ1n) is 6.78.